The van der Waals surface area contributed by atoms with Crippen molar-refractivity contribution in [3.63, 3.8) is 0 Å². The Morgan fingerprint density at radius 3 is 2.85 bits per heavy atom. The second kappa shape index (κ2) is 7.71. The Kier molecular flexibility index (Phi) is 5.94. The van der Waals surface area contributed by atoms with Crippen LogP contribution in [0.1, 0.15) is 24.4 Å². The van der Waals surface area contributed by atoms with Gasteiger partial charge in [0, 0.05) is 16.6 Å². The van der Waals surface area contributed by atoms with Gasteiger partial charge in [-0.15, -0.1) is 5.10 Å². The van der Waals surface area contributed by atoms with Crippen molar-refractivity contribution in [2.24, 2.45) is 5.92 Å². The summed E-state index contributed by atoms with van der Waals surface area (Å²) in [4.78, 5) is 0. The highest BCUT2D eigenvalue weighted by Gasteiger charge is 2.06. The minimum atomic E-state index is 0.496. The van der Waals surface area contributed by atoms with E-state index in [0.29, 0.717) is 17.7 Å². The first-order valence-electron chi connectivity index (χ1n) is 6.54. The van der Waals surface area contributed by atoms with E-state index in [1.807, 2.05) is 24.3 Å². The summed E-state index contributed by atoms with van der Waals surface area (Å²) < 4.78 is 6.71. The fourth-order valence-corrected chi connectivity index (χ4v) is 2.65. The first kappa shape index (κ1) is 15.4. The minimum absolute atomic E-state index is 0.496. The summed E-state index contributed by atoms with van der Waals surface area (Å²) in [6.45, 7) is 6.58. The molecular weight excluding hydrogens is 338 g/mol. The molecule has 0 aliphatic rings. The van der Waals surface area contributed by atoms with Crippen LogP contribution < -0.4 is 10.1 Å². The number of ether oxygens (including phenoxy) is 1. The molecule has 0 radical (unpaired) electrons. The highest BCUT2D eigenvalue weighted by Crippen LogP contribution is 2.21. The molecule has 1 heterocycles. The average Bonchev–Trinajstić information content (AvgIpc) is 2.85. The van der Waals surface area contributed by atoms with Crippen molar-refractivity contribution in [1.82, 2.24) is 15.5 Å². The van der Waals surface area contributed by atoms with E-state index in [-0.39, 0.29) is 0 Å². The van der Waals surface area contributed by atoms with Crippen molar-refractivity contribution in [3.8, 4) is 5.19 Å². The van der Waals surface area contributed by atoms with Gasteiger partial charge in [0.2, 0.25) is 0 Å². The van der Waals surface area contributed by atoms with E-state index >= 15 is 0 Å². The van der Waals surface area contributed by atoms with Crippen molar-refractivity contribution < 1.29 is 4.74 Å². The number of aromatic nitrogens is 2. The third kappa shape index (κ3) is 4.85. The first-order valence-corrected chi connectivity index (χ1v) is 8.15. The molecule has 0 saturated heterocycles. The highest BCUT2D eigenvalue weighted by atomic mass is 79.9. The van der Waals surface area contributed by atoms with Gasteiger partial charge in [-0.25, -0.2) is 0 Å². The molecule has 1 N–H and O–H groups in total. The van der Waals surface area contributed by atoms with Crippen LogP contribution in [-0.2, 0) is 13.2 Å². The van der Waals surface area contributed by atoms with Gasteiger partial charge in [-0.05, 0) is 18.5 Å². The van der Waals surface area contributed by atoms with Gasteiger partial charge in [-0.2, -0.15) is 0 Å². The van der Waals surface area contributed by atoms with Crippen LogP contribution in [-0.4, -0.2) is 16.7 Å². The number of nitrogens with zero attached hydrogens (tertiary/aromatic N) is 2. The zero-order chi connectivity index (χ0) is 14.4. The maximum Gasteiger partial charge on any atom is 0.294 e. The topological polar surface area (TPSA) is 47.0 Å². The Labute approximate surface area is 131 Å². The van der Waals surface area contributed by atoms with Crippen LogP contribution in [0.2, 0.25) is 0 Å². The molecule has 1 aromatic heterocycles. The summed E-state index contributed by atoms with van der Waals surface area (Å²) in [5.41, 5.74) is 1.10. The van der Waals surface area contributed by atoms with E-state index in [2.05, 4.69) is 45.3 Å². The molecule has 0 aliphatic carbocycles. The SMILES string of the molecule is CC(C)CNCc1nnc(OCc2ccccc2Br)s1. The molecule has 2 rings (SSSR count). The van der Waals surface area contributed by atoms with Crippen LogP contribution in [0.5, 0.6) is 5.19 Å². The summed E-state index contributed by atoms with van der Waals surface area (Å²) in [6, 6.07) is 8.00. The van der Waals surface area contributed by atoms with Crippen LogP contribution in [0.25, 0.3) is 0 Å². The van der Waals surface area contributed by atoms with E-state index in [9.17, 15) is 0 Å². The molecule has 0 fully saturated rings. The second-order valence-electron chi connectivity index (χ2n) is 4.87. The van der Waals surface area contributed by atoms with Gasteiger partial charge in [0.15, 0.2) is 0 Å². The third-order valence-electron chi connectivity index (χ3n) is 2.59. The largest absolute Gasteiger partial charge is 0.464 e. The highest BCUT2D eigenvalue weighted by molar-refractivity contribution is 9.10. The molecular formula is C14H18BrN3OS. The third-order valence-corrected chi connectivity index (χ3v) is 4.20. The summed E-state index contributed by atoms with van der Waals surface area (Å²) in [6.07, 6.45) is 0. The summed E-state index contributed by atoms with van der Waals surface area (Å²) in [5.74, 6) is 0.633. The molecule has 0 bridgehead atoms. The fourth-order valence-electron chi connectivity index (χ4n) is 1.59. The van der Waals surface area contributed by atoms with E-state index in [1.54, 1.807) is 0 Å². The quantitative estimate of drug-likeness (QED) is 0.823. The lowest BCUT2D eigenvalue weighted by atomic mass is 10.2. The van der Waals surface area contributed by atoms with E-state index in [1.165, 1.54) is 11.3 Å². The van der Waals surface area contributed by atoms with Crippen molar-refractivity contribution >= 4 is 27.3 Å². The van der Waals surface area contributed by atoms with Gasteiger partial charge in [0.25, 0.3) is 5.19 Å². The molecule has 0 aliphatic heterocycles. The first-order chi connectivity index (χ1) is 9.65. The summed E-state index contributed by atoms with van der Waals surface area (Å²) in [5, 5.41) is 13.1. The molecule has 1 aromatic carbocycles. The van der Waals surface area contributed by atoms with Gasteiger partial charge in [0.05, 0.1) is 0 Å². The number of nitrogens with one attached hydrogen (secondary N) is 1. The second-order valence-corrected chi connectivity index (χ2v) is 6.75. The molecule has 6 heteroatoms. The van der Waals surface area contributed by atoms with Crippen LogP contribution in [0.3, 0.4) is 0 Å². The predicted molar refractivity (Wildman–Crippen MR) is 84.9 cm³/mol. The molecule has 108 valence electrons. The normalized spacial score (nSPS) is 11.0. The van der Waals surface area contributed by atoms with Gasteiger partial charge >= 0.3 is 0 Å². The fraction of sp³-hybridized carbons (Fsp3) is 0.429. The van der Waals surface area contributed by atoms with E-state index in [4.69, 9.17) is 4.74 Å². The standard InChI is InChI=1S/C14H18BrN3OS/c1-10(2)7-16-8-13-17-18-14(20-13)19-9-11-5-3-4-6-12(11)15/h3-6,10,16H,7-9H2,1-2H3. The molecule has 20 heavy (non-hydrogen) atoms. The van der Waals surface area contributed by atoms with Crippen molar-refractivity contribution in [2.45, 2.75) is 27.0 Å². The maximum absolute atomic E-state index is 5.67. The molecule has 0 amide bonds. The number of hydrogen-bond donors (Lipinski definition) is 1. The van der Waals surface area contributed by atoms with Gasteiger partial charge < -0.3 is 10.1 Å². The van der Waals surface area contributed by atoms with E-state index < -0.39 is 0 Å². The zero-order valence-corrected chi connectivity index (χ0v) is 14.0. The van der Waals surface area contributed by atoms with Gasteiger partial charge in [-0.3, -0.25) is 0 Å². The van der Waals surface area contributed by atoms with Crippen LogP contribution in [0, 0.1) is 5.92 Å². The lowest BCUT2D eigenvalue weighted by Crippen LogP contribution is -2.18. The molecule has 0 unspecified atom stereocenters. The Bertz CT molecular complexity index is 545. The molecule has 4 nitrogen and oxygen atoms in total. The Balaban J connectivity index is 1.82. The lowest BCUT2D eigenvalue weighted by Gasteiger charge is -2.04. The maximum atomic E-state index is 5.67. The monoisotopic (exact) mass is 355 g/mol. The van der Waals surface area contributed by atoms with Crippen LogP contribution >= 0.6 is 27.3 Å². The number of benzene rings is 1. The smallest absolute Gasteiger partial charge is 0.294 e. The van der Waals surface area contributed by atoms with Gasteiger partial charge in [-0.1, -0.05) is 64.4 Å². The van der Waals surface area contributed by atoms with Crippen LogP contribution in [0.15, 0.2) is 28.7 Å². The molecule has 0 atom stereocenters. The number of halogens is 1. The van der Waals surface area contributed by atoms with Crippen molar-refractivity contribution in [1.29, 1.82) is 0 Å². The molecule has 2 aromatic rings. The van der Waals surface area contributed by atoms with Crippen molar-refractivity contribution in [3.05, 3.63) is 39.3 Å². The van der Waals surface area contributed by atoms with E-state index in [0.717, 1.165) is 28.1 Å². The summed E-state index contributed by atoms with van der Waals surface area (Å²) in [7, 11) is 0. The van der Waals surface area contributed by atoms with Gasteiger partial charge in [0.1, 0.15) is 11.6 Å². The summed E-state index contributed by atoms with van der Waals surface area (Å²) >= 11 is 4.99. The van der Waals surface area contributed by atoms with Crippen molar-refractivity contribution in [2.75, 3.05) is 6.54 Å². The molecule has 0 spiro atoms. The number of hydrogen-bond acceptors (Lipinski definition) is 5. The molecule has 0 saturated carbocycles. The number of rotatable bonds is 7. The Morgan fingerprint density at radius 2 is 2.10 bits per heavy atom. The van der Waals surface area contributed by atoms with Crippen LogP contribution in [0.4, 0.5) is 0 Å². The predicted octanol–water partition coefficient (Wildman–Crippen LogP) is 3.63. The minimum Gasteiger partial charge on any atom is -0.464 e. The Hall–Kier alpha value is -0.980. The Morgan fingerprint density at radius 1 is 1.30 bits per heavy atom. The average molecular weight is 356 g/mol. The lowest BCUT2D eigenvalue weighted by molar-refractivity contribution is 0.301. The zero-order valence-electron chi connectivity index (χ0n) is 11.6.